The number of hydrogen-bond donors (Lipinski definition) is 2. The highest BCUT2D eigenvalue weighted by atomic mass is 19.3. The maximum atomic E-state index is 12.4. The zero-order chi connectivity index (χ0) is 15.3. The fourth-order valence-electron chi connectivity index (χ4n) is 2.42. The van der Waals surface area contributed by atoms with Crippen molar-refractivity contribution in [1.29, 1.82) is 0 Å². The van der Waals surface area contributed by atoms with E-state index in [4.69, 9.17) is 4.74 Å². The Balaban J connectivity index is 1.98. The Kier molecular flexibility index (Phi) is 5.50. The molecule has 0 spiro atoms. The van der Waals surface area contributed by atoms with Crippen LogP contribution >= 0.6 is 0 Å². The predicted molar refractivity (Wildman–Crippen MR) is 74.5 cm³/mol. The molecule has 0 amide bonds. The summed E-state index contributed by atoms with van der Waals surface area (Å²) in [7, 11) is 0. The molecule has 1 heterocycles. The molecule has 1 unspecified atom stereocenters. The molecule has 1 aliphatic rings. The third-order valence-corrected chi connectivity index (χ3v) is 3.76. The number of nitrogens with one attached hydrogen (secondary N) is 1. The van der Waals surface area contributed by atoms with Gasteiger partial charge in [-0.2, -0.15) is 8.78 Å². The van der Waals surface area contributed by atoms with Crippen molar-refractivity contribution in [3.05, 3.63) is 29.8 Å². The van der Waals surface area contributed by atoms with E-state index >= 15 is 0 Å². The third kappa shape index (κ3) is 4.62. The largest absolute Gasteiger partial charge is 0.434 e. The molecule has 1 aliphatic heterocycles. The van der Waals surface area contributed by atoms with E-state index in [-0.39, 0.29) is 11.8 Å². The van der Waals surface area contributed by atoms with E-state index in [0.29, 0.717) is 38.2 Å². The van der Waals surface area contributed by atoms with Crippen LogP contribution in [0.25, 0.3) is 0 Å². The zero-order valence-corrected chi connectivity index (χ0v) is 12.0. The number of halogens is 2. The van der Waals surface area contributed by atoms with E-state index < -0.39 is 12.2 Å². The van der Waals surface area contributed by atoms with Crippen LogP contribution < -0.4 is 10.1 Å². The molecule has 21 heavy (non-hydrogen) atoms. The van der Waals surface area contributed by atoms with Crippen LogP contribution in [-0.4, -0.2) is 37.1 Å². The van der Waals surface area contributed by atoms with Crippen LogP contribution in [0.2, 0.25) is 0 Å². The molecular weight excluding hydrogens is 280 g/mol. The molecule has 6 heteroatoms. The van der Waals surface area contributed by atoms with E-state index in [9.17, 15) is 13.9 Å². The average molecular weight is 301 g/mol. The second-order valence-electron chi connectivity index (χ2n) is 5.36. The van der Waals surface area contributed by atoms with E-state index in [0.717, 1.165) is 0 Å². The van der Waals surface area contributed by atoms with Gasteiger partial charge in [0.15, 0.2) is 0 Å². The molecule has 1 saturated heterocycles. The summed E-state index contributed by atoms with van der Waals surface area (Å²) in [6.07, 6.45) is 1.14. The summed E-state index contributed by atoms with van der Waals surface area (Å²) in [6, 6.07) is 6.48. The Morgan fingerprint density at radius 3 is 2.67 bits per heavy atom. The molecule has 1 atom stereocenters. The van der Waals surface area contributed by atoms with E-state index in [1.54, 1.807) is 18.2 Å². The summed E-state index contributed by atoms with van der Waals surface area (Å²) in [5.41, 5.74) is -0.154. The van der Waals surface area contributed by atoms with Crippen molar-refractivity contribution in [3.8, 4) is 5.75 Å². The number of alkyl halides is 2. The van der Waals surface area contributed by atoms with Crippen molar-refractivity contribution < 1.29 is 23.4 Å². The molecule has 118 valence electrons. The first kappa shape index (κ1) is 16.1. The number of rotatable bonds is 6. The molecule has 0 radical (unpaired) electrons. The smallest absolute Gasteiger partial charge is 0.387 e. The van der Waals surface area contributed by atoms with Gasteiger partial charge < -0.3 is 19.9 Å². The van der Waals surface area contributed by atoms with Crippen LogP contribution in [0.1, 0.15) is 31.4 Å². The summed E-state index contributed by atoms with van der Waals surface area (Å²) in [5, 5.41) is 13.6. The molecule has 4 nitrogen and oxygen atoms in total. The Labute approximate surface area is 123 Å². The zero-order valence-electron chi connectivity index (χ0n) is 12.0. The maximum Gasteiger partial charge on any atom is 0.387 e. The molecular formula is C15H21F2NO3. The van der Waals surface area contributed by atoms with Crippen LogP contribution in [-0.2, 0) is 4.74 Å². The van der Waals surface area contributed by atoms with Gasteiger partial charge in [-0.1, -0.05) is 18.2 Å². The molecule has 0 aromatic heterocycles. The molecule has 2 rings (SSSR count). The first-order valence-corrected chi connectivity index (χ1v) is 7.07. The van der Waals surface area contributed by atoms with Crippen molar-refractivity contribution in [2.75, 3.05) is 19.8 Å². The molecule has 0 bridgehead atoms. The first-order chi connectivity index (χ1) is 10.0. The van der Waals surface area contributed by atoms with Gasteiger partial charge in [-0.25, -0.2) is 0 Å². The standard InChI is InChI=1S/C15H21F2NO3/c1-11(18-10-15(19)6-8-20-9-7-15)12-4-2-3-5-13(12)21-14(16)17/h2-5,11,14,18-19H,6-10H2,1H3. The highest BCUT2D eigenvalue weighted by Crippen LogP contribution is 2.27. The normalized spacial score (nSPS) is 19.5. The summed E-state index contributed by atoms with van der Waals surface area (Å²) in [4.78, 5) is 0. The van der Waals surface area contributed by atoms with Crippen molar-refractivity contribution in [1.82, 2.24) is 5.32 Å². The van der Waals surface area contributed by atoms with Crippen LogP contribution in [0.15, 0.2) is 24.3 Å². The lowest BCUT2D eigenvalue weighted by Gasteiger charge is -2.33. The highest BCUT2D eigenvalue weighted by molar-refractivity contribution is 5.35. The fraction of sp³-hybridized carbons (Fsp3) is 0.600. The van der Waals surface area contributed by atoms with Crippen molar-refractivity contribution in [2.24, 2.45) is 0 Å². The van der Waals surface area contributed by atoms with E-state index in [2.05, 4.69) is 10.1 Å². The quantitative estimate of drug-likeness (QED) is 0.847. The summed E-state index contributed by atoms with van der Waals surface area (Å²) in [5.74, 6) is 0.159. The van der Waals surface area contributed by atoms with Gasteiger partial charge in [0.2, 0.25) is 0 Å². The maximum absolute atomic E-state index is 12.4. The summed E-state index contributed by atoms with van der Waals surface area (Å²) in [6.45, 7) is 0.477. The lowest BCUT2D eigenvalue weighted by atomic mass is 9.94. The van der Waals surface area contributed by atoms with Gasteiger partial charge in [0.1, 0.15) is 5.75 Å². The van der Waals surface area contributed by atoms with Crippen molar-refractivity contribution in [2.45, 2.75) is 38.0 Å². The minimum Gasteiger partial charge on any atom is -0.434 e. The molecule has 0 aliphatic carbocycles. The van der Waals surface area contributed by atoms with Gasteiger partial charge in [0.25, 0.3) is 0 Å². The number of aliphatic hydroxyl groups is 1. The average Bonchev–Trinajstić information content (AvgIpc) is 2.46. The Bertz CT molecular complexity index is 450. The van der Waals surface area contributed by atoms with Crippen LogP contribution in [0.4, 0.5) is 8.78 Å². The van der Waals surface area contributed by atoms with Gasteiger partial charge in [0.05, 0.1) is 5.60 Å². The van der Waals surface area contributed by atoms with Gasteiger partial charge in [-0.3, -0.25) is 0 Å². The summed E-state index contributed by atoms with van der Waals surface area (Å²) < 4.78 is 34.6. The number of ether oxygens (including phenoxy) is 2. The molecule has 1 aromatic rings. The van der Waals surface area contributed by atoms with Gasteiger partial charge >= 0.3 is 6.61 Å². The molecule has 0 saturated carbocycles. The number of hydrogen-bond acceptors (Lipinski definition) is 4. The second-order valence-corrected chi connectivity index (χ2v) is 5.36. The topological polar surface area (TPSA) is 50.7 Å². The fourth-order valence-corrected chi connectivity index (χ4v) is 2.42. The minimum absolute atomic E-state index is 0.159. The molecule has 1 aromatic carbocycles. The third-order valence-electron chi connectivity index (χ3n) is 3.76. The predicted octanol–water partition coefficient (Wildman–Crippen LogP) is 2.48. The SMILES string of the molecule is CC(NCC1(O)CCOCC1)c1ccccc1OC(F)F. The second kappa shape index (κ2) is 7.15. The van der Waals surface area contributed by atoms with Crippen LogP contribution in [0.3, 0.4) is 0 Å². The van der Waals surface area contributed by atoms with Crippen LogP contribution in [0.5, 0.6) is 5.75 Å². The lowest BCUT2D eigenvalue weighted by molar-refractivity contribution is -0.0632. The van der Waals surface area contributed by atoms with E-state index in [1.165, 1.54) is 6.07 Å². The van der Waals surface area contributed by atoms with Gasteiger partial charge in [-0.05, 0) is 13.0 Å². The van der Waals surface area contributed by atoms with Crippen molar-refractivity contribution >= 4 is 0 Å². The highest BCUT2D eigenvalue weighted by Gasteiger charge is 2.30. The van der Waals surface area contributed by atoms with Gasteiger partial charge in [-0.15, -0.1) is 0 Å². The summed E-state index contributed by atoms with van der Waals surface area (Å²) >= 11 is 0. The Morgan fingerprint density at radius 1 is 1.33 bits per heavy atom. The molecule has 2 N–H and O–H groups in total. The first-order valence-electron chi connectivity index (χ1n) is 7.07. The monoisotopic (exact) mass is 301 g/mol. The Morgan fingerprint density at radius 2 is 2.00 bits per heavy atom. The number of para-hydroxylation sites is 1. The Hall–Kier alpha value is -1.24. The lowest BCUT2D eigenvalue weighted by Crippen LogP contribution is -2.45. The minimum atomic E-state index is -2.85. The van der Waals surface area contributed by atoms with Crippen molar-refractivity contribution in [3.63, 3.8) is 0 Å². The number of benzene rings is 1. The van der Waals surface area contributed by atoms with Crippen LogP contribution in [0, 0.1) is 0 Å². The molecule has 1 fully saturated rings. The van der Waals surface area contributed by atoms with E-state index in [1.807, 2.05) is 6.92 Å². The van der Waals surface area contributed by atoms with Gasteiger partial charge in [0, 0.05) is 44.2 Å².